The van der Waals surface area contributed by atoms with Crippen LogP contribution in [0.1, 0.15) is 32.6 Å². The minimum Gasteiger partial charge on any atom is -0.376 e. The van der Waals surface area contributed by atoms with Gasteiger partial charge in [0, 0.05) is 11.7 Å². The Hall–Kier alpha value is -1.51. The van der Waals surface area contributed by atoms with E-state index in [0.29, 0.717) is 18.5 Å². The zero-order valence-electron chi connectivity index (χ0n) is 11.0. The lowest BCUT2D eigenvalue weighted by molar-refractivity contribution is -0.120. The van der Waals surface area contributed by atoms with Crippen molar-refractivity contribution >= 4 is 11.6 Å². The summed E-state index contributed by atoms with van der Waals surface area (Å²) in [7, 11) is 0. The molecular formula is C15H22N2O. The molecular weight excluding hydrogens is 224 g/mol. The van der Waals surface area contributed by atoms with Crippen LogP contribution >= 0.6 is 0 Å². The summed E-state index contributed by atoms with van der Waals surface area (Å²) in [5.74, 6) is 0.754. The second-order valence-corrected chi connectivity index (χ2v) is 5.12. The maximum atomic E-state index is 11.8. The van der Waals surface area contributed by atoms with E-state index in [4.69, 9.17) is 0 Å². The summed E-state index contributed by atoms with van der Waals surface area (Å²) in [6.07, 6.45) is 5.14. The Balaban J connectivity index is 1.71. The molecule has 0 aromatic heterocycles. The average molecular weight is 246 g/mol. The van der Waals surface area contributed by atoms with Crippen LogP contribution in [-0.2, 0) is 4.79 Å². The van der Waals surface area contributed by atoms with Crippen molar-refractivity contribution in [1.29, 1.82) is 0 Å². The number of anilines is 1. The van der Waals surface area contributed by atoms with Crippen LogP contribution < -0.4 is 10.6 Å². The smallest absolute Gasteiger partial charge is 0.239 e. The SMILES string of the molecule is CC(NC(=O)CNc1ccccc1)C1CCCC1. The van der Waals surface area contributed by atoms with E-state index in [0.717, 1.165) is 5.69 Å². The normalized spacial score (nSPS) is 17.4. The van der Waals surface area contributed by atoms with Gasteiger partial charge in [-0.25, -0.2) is 0 Å². The third-order valence-electron chi connectivity index (χ3n) is 3.72. The minimum atomic E-state index is 0.0817. The van der Waals surface area contributed by atoms with Gasteiger partial charge < -0.3 is 10.6 Å². The molecule has 1 unspecified atom stereocenters. The molecule has 98 valence electrons. The van der Waals surface area contributed by atoms with Crippen molar-refractivity contribution in [2.24, 2.45) is 5.92 Å². The lowest BCUT2D eigenvalue weighted by Crippen LogP contribution is -2.40. The summed E-state index contributed by atoms with van der Waals surface area (Å²) < 4.78 is 0. The molecule has 1 amide bonds. The Morgan fingerprint density at radius 1 is 1.28 bits per heavy atom. The molecule has 0 spiro atoms. The molecule has 1 aromatic rings. The molecule has 1 saturated carbocycles. The number of carbonyl (C=O) groups is 1. The highest BCUT2D eigenvalue weighted by atomic mass is 16.1. The number of amides is 1. The van der Waals surface area contributed by atoms with Gasteiger partial charge >= 0.3 is 0 Å². The predicted molar refractivity (Wildman–Crippen MR) is 74.5 cm³/mol. The molecule has 1 aliphatic rings. The Morgan fingerprint density at radius 3 is 2.61 bits per heavy atom. The summed E-state index contributed by atoms with van der Waals surface area (Å²) in [5.41, 5.74) is 0.987. The van der Waals surface area contributed by atoms with E-state index < -0.39 is 0 Å². The highest BCUT2D eigenvalue weighted by Crippen LogP contribution is 2.27. The van der Waals surface area contributed by atoms with Crippen LogP contribution in [0.25, 0.3) is 0 Å². The molecule has 0 saturated heterocycles. The number of nitrogens with one attached hydrogen (secondary N) is 2. The first-order valence-corrected chi connectivity index (χ1v) is 6.84. The lowest BCUT2D eigenvalue weighted by atomic mass is 10.00. The second-order valence-electron chi connectivity index (χ2n) is 5.12. The van der Waals surface area contributed by atoms with Crippen molar-refractivity contribution in [3.63, 3.8) is 0 Å². The van der Waals surface area contributed by atoms with Crippen LogP contribution in [0.4, 0.5) is 5.69 Å². The van der Waals surface area contributed by atoms with Gasteiger partial charge in [0.15, 0.2) is 0 Å². The topological polar surface area (TPSA) is 41.1 Å². The molecule has 3 heteroatoms. The first-order chi connectivity index (χ1) is 8.75. The van der Waals surface area contributed by atoms with E-state index in [-0.39, 0.29) is 5.91 Å². The Labute approximate surface area is 109 Å². The fraction of sp³-hybridized carbons (Fsp3) is 0.533. The van der Waals surface area contributed by atoms with E-state index in [1.807, 2.05) is 30.3 Å². The zero-order valence-corrected chi connectivity index (χ0v) is 11.0. The molecule has 1 aliphatic carbocycles. The van der Waals surface area contributed by atoms with Gasteiger partial charge in [0.2, 0.25) is 5.91 Å². The van der Waals surface area contributed by atoms with Gasteiger partial charge in [-0.1, -0.05) is 31.0 Å². The standard InChI is InChI=1S/C15H22N2O/c1-12(13-7-5-6-8-13)17-15(18)11-16-14-9-3-2-4-10-14/h2-4,9-10,12-13,16H,5-8,11H2,1H3,(H,17,18). The number of hydrogen-bond donors (Lipinski definition) is 2. The number of hydrogen-bond acceptors (Lipinski definition) is 2. The predicted octanol–water partition coefficient (Wildman–Crippen LogP) is 2.79. The van der Waals surface area contributed by atoms with E-state index in [2.05, 4.69) is 17.6 Å². The number of carbonyl (C=O) groups excluding carboxylic acids is 1. The number of benzene rings is 1. The molecule has 0 heterocycles. The summed E-state index contributed by atoms with van der Waals surface area (Å²) in [4.78, 5) is 11.8. The summed E-state index contributed by atoms with van der Waals surface area (Å²) in [5, 5.41) is 6.22. The van der Waals surface area contributed by atoms with Crippen LogP contribution in [-0.4, -0.2) is 18.5 Å². The van der Waals surface area contributed by atoms with Gasteiger partial charge in [0.25, 0.3) is 0 Å². The van der Waals surface area contributed by atoms with Gasteiger partial charge in [0.1, 0.15) is 0 Å². The number of rotatable bonds is 5. The quantitative estimate of drug-likeness (QED) is 0.838. The number of para-hydroxylation sites is 1. The molecule has 3 nitrogen and oxygen atoms in total. The van der Waals surface area contributed by atoms with Gasteiger partial charge in [-0.15, -0.1) is 0 Å². The molecule has 2 rings (SSSR count). The third-order valence-corrected chi connectivity index (χ3v) is 3.72. The Kier molecular flexibility index (Phi) is 4.62. The van der Waals surface area contributed by atoms with Crippen LogP contribution in [0.15, 0.2) is 30.3 Å². The van der Waals surface area contributed by atoms with Crippen LogP contribution in [0, 0.1) is 5.92 Å². The fourth-order valence-electron chi connectivity index (χ4n) is 2.62. The molecule has 2 N–H and O–H groups in total. The van der Waals surface area contributed by atoms with Crippen molar-refractivity contribution in [2.75, 3.05) is 11.9 Å². The summed E-state index contributed by atoms with van der Waals surface area (Å²) in [6.45, 7) is 2.47. The molecule has 1 atom stereocenters. The first kappa shape index (κ1) is 12.9. The molecule has 1 fully saturated rings. The van der Waals surface area contributed by atoms with E-state index in [1.165, 1.54) is 25.7 Å². The van der Waals surface area contributed by atoms with Gasteiger partial charge in [-0.2, -0.15) is 0 Å². The molecule has 18 heavy (non-hydrogen) atoms. The van der Waals surface area contributed by atoms with Crippen LogP contribution in [0.5, 0.6) is 0 Å². The van der Waals surface area contributed by atoms with Gasteiger partial charge in [-0.3, -0.25) is 4.79 Å². The third kappa shape index (κ3) is 3.76. The largest absolute Gasteiger partial charge is 0.376 e. The molecule has 0 bridgehead atoms. The van der Waals surface area contributed by atoms with Crippen molar-refractivity contribution in [2.45, 2.75) is 38.6 Å². The average Bonchev–Trinajstić information content (AvgIpc) is 2.91. The molecule has 0 radical (unpaired) electrons. The second kappa shape index (κ2) is 6.43. The zero-order chi connectivity index (χ0) is 12.8. The Bertz CT molecular complexity index is 371. The minimum absolute atomic E-state index is 0.0817. The van der Waals surface area contributed by atoms with Crippen molar-refractivity contribution in [1.82, 2.24) is 5.32 Å². The van der Waals surface area contributed by atoms with Crippen molar-refractivity contribution in [3.8, 4) is 0 Å². The van der Waals surface area contributed by atoms with Gasteiger partial charge in [0.05, 0.1) is 6.54 Å². The van der Waals surface area contributed by atoms with E-state index in [1.54, 1.807) is 0 Å². The fourth-order valence-corrected chi connectivity index (χ4v) is 2.62. The summed E-state index contributed by atoms with van der Waals surface area (Å²) >= 11 is 0. The molecule has 1 aromatic carbocycles. The van der Waals surface area contributed by atoms with Crippen molar-refractivity contribution in [3.05, 3.63) is 30.3 Å². The van der Waals surface area contributed by atoms with Gasteiger partial charge in [-0.05, 0) is 37.8 Å². The maximum Gasteiger partial charge on any atom is 0.239 e. The van der Waals surface area contributed by atoms with Crippen LogP contribution in [0.2, 0.25) is 0 Å². The highest BCUT2D eigenvalue weighted by Gasteiger charge is 2.22. The molecule has 0 aliphatic heterocycles. The first-order valence-electron chi connectivity index (χ1n) is 6.84. The lowest BCUT2D eigenvalue weighted by Gasteiger charge is -2.20. The van der Waals surface area contributed by atoms with Crippen molar-refractivity contribution < 1.29 is 4.79 Å². The van der Waals surface area contributed by atoms with Crippen LogP contribution in [0.3, 0.4) is 0 Å². The van der Waals surface area contributed by atoms with E-state index in [9.17, 15) is 4.79 Å². The monoisotopic (exact) mass is 246 g/mol. The maximum absolute atomic E-state index is 11.8. The Morgan fingerprint density at radius 2 is 1.94 bits per heavy atom. The van der Waals surface area contributed by atoms with E-state index >= 15 is 0 Å². The summed E-state index contributed by atoms with van der Waals surface area (Å²) in [6, 6.07) is 10.1. The highest BCUT2D eigenvalue weighted by molar-refractivity contribution is 5.80.